The summed E-state index contributed by atoms with van der Waals surface area (Å²) in [5.41, 5.74) is -1.07. The molecule has 0 heterocycles. The molecule has 5 heteroatoms. The number of halogens is 4. The molecule has 0 fully saturated rings. The first kappa shape index (κ1) is 13.8. The SMILES string of the molecule is CCC(C)COc1ccc(F)cc1C(F)(F)F. The summed E-state index contributed by atoms with van der Waals surface area (Å²) in [6.07, 6.45) is -3.80. The molecule has 0 N–H and O–H groups in total. The zero-order valence-electron chi connectivity index (χ0n) is 9.64. The molecule has 0 saturated heterocycles. The number of rotatable bonds is 4. The standard InChI is InChI=1S/C12H14F4O/c1-3-8(2)7-17-11-5-4-9(13)6-10(11)12(14,15)16/h4-6,8H,3,7H2,1-2H3. The highest BCUT2D eigenvalue weighted by atomic mass is 19.4. The maximum atomic E-state index is 12.8. The highest BCUT2D eigenvalue weighted by Gasteiger charge is 2.34. The lowest BCUT2D eigenvalue weighted by Gasteiger charge is -2.16. The Morgan fingerprint density at radius 2 is 1.94 bits per heavy atom. The van der Waals surface area contributed by atoms with Crippen LogP contribution in [0.15, 0.2) is 18.2 Å². The predicted molar refractivity (Wildman–Crippen MR) is 56.4 cm³/mol. The summed E-state index contributed by atoms with van der Waals surface area (Å²) >= 11 is 0. The zero-order valence-corrected chi connectivity index (χ0v) is 9.64. The molecule has 0 bridgehead atoms. The Balaban J connectivity index is 2.91. The fraction of sp³-hybridized carbons (Fsp3) is 0.500. The minimum absolute atomic E-state index is 0.154. The van der Waals surface area contributed by atoms with Crippen LogP contribution in [0.2, 0.25) is 0 Å². The first-order valence-corrected chi connectivity index (χ1v) is 5.34. The normalized spacial score (nSPS) is 13.5. The molecule has 0 aliphatic heterocycles. The molecule has 1 nitrogen and oxygen atoms in total. The Kier molecular flexibility index (Phi) is 4.37. The molecule has 1 aromatic rings. The lowest BCUT2D eigenvalue weighted by atomic mass is 10.1. The summed E-state index contributed by atoms with van der Waals surface area (Å²) in [6, 6.07) is 2.42. The lowest BCUT2D eigenvalue weighted by Crippen LogP contribution is -2.13. The average molecular weight is 250 g/mol. The highest BCUT2D eigenvalue weighted by molar-refractivity contribution is 5.36. The van der Waals surface area contributed by atoms with E-state index in [1.165, 1.54) is 0 Å². The number of alkyl halides is 3. The summed E-state index contributed by atoms with van der Waals surface area (Å²) in [7, 11) is 0. The molecular formula is C12H14F4O. The summed E-state index contributed by atoms with van der Waals surface area (Å²) in [5, 5.41) is 0. The van der Waals surface area contributed by atoms with Crippen molar-refractivity contribution in [3.63, 3.8) is 0 Å². The van der Waals surface area contributed by atoms with Gasteiger partial charge >= 0.3 is 6.18 Å². The minimum Gasteiger partial charge on any atom is -0.493 e. The fourth-order valence-electron chi connectivity index (χ4n) is 1.20. The van der Waals surface area contributed by atoms with E-state index >= 15 is 0 Å². The number of ether oxygens (including phenoxy) is 1. The molecule has 0 aliphatic rings. The Morgan fingerprint density at radius 1 is 1.29 bits per heavy atom. The number of benzene rings is 1. The predicted octanol–water partition coefficient (Wildman–Crippen LogP) is 4.27. The summed E-state index contributed by atoms with van der Waals surface area (Å²) in [6.45, 7) is 3.98. The molecule has 0 amide bonds. The molecule has 0 radical (unpaired) electrons. The van der Waals surface area contributed by atoms with Crippen LogP contribution >= 0.6 is 0 Å². The molecular weight excluding hydrogens is 236 g/mol. The van der Waals surface area contributed by atoms with Crippen molar-refractivity contribution in [1.82, 2.24) is 0 Å². The summed E-state index contributed by atoms with van der Waals surface area (Å²) in [4.78, 5) is 0. The molecule has 0 spiro atoms. The third-order valence-electron chi connectivity index (χ3n) is 2.47. The summed E-state index contributed by atoms with van der Waals surface area (Å²) in [5.74, 6) is -1.09. The van der Waals surface area contributed by atoms with E-state index in [1.807, 2.05) is 13.8 Å². The van der Waals surface area contributed by atoms with Crippen LogP contribution < -0.4 is 4.74 Å². The quantitative estimate of drug-likeness (QED) is 0.725. The average Bonchev–Trinajstić information content (AvgIpc) is 2.25. The minimum atomic E-state index is -4.60. The second kappa shape index (κ2) is 5.38. The molecule has 1 rings (SSSR count). The second-order valence-corrected chi connectivity index (χ2v) is 3.96. The van der Waals surface area contributed by atoms with Crippen LogP contribution in [-0.2, 0) is 6.18 Å². The van der Waals surface area contributed by atoms with Crippen LogP contribution in [0.5, 0.6) is 5.75 Å². The number of hydrogen-bond donors (Lipinski definition) is 0. The van der Waals surface area contributed by atoms with Gasteiger partial charge in [0, 0.05) is 0 Å². The number of hydrogen-bond acceptors (Lipinski definition) is 1. The lowest BCUT2D eigenvalue weighted by molar-refractivity contribution is -0.139. The maximum absolute atomic E-state index is 12.8. The molecule has 1 atom stereocenters. The van der Waals surface area contributed by atoms with E-state index in [1.54, 1.807) is 0 Å². The van der Waals surface area contributed by atoms with Crippen molar-refractivity contribution in [3.8, 4) is 5.75 Å². The molecule has 96 valence electrons. The van der Waals surface area contributed by atoms with Crippen molar-refractivity contribution >= 4 is 0 Å². The van der Waals surface area contributed by atoms with Gasteiger partial charge in [0.25, 0.3) is 0 Å². The smallest absolute Gasteiger partial charge is 0.420 e. The van der Waals surface area contributed by atoms with Crippen molar-refractivity contribution in [3.05, 3.63) is 29.6 Å². The fourth-order valence-corrected chi connectivity index (χ4v) is 1.20. The van der Waals surface area contributed by atoms with Crippen molar-refractivity contribution in [1.29, 1.82) is 0 Å². The van der Waals surface area contributed by atoms with Gasteiger partial charge < -0.3 is 4.74 Å². The van der Waals surface area contributed by atoms with Gasteiger partial charge in [0.05, 0.1) is 6.61 Å². The van der Waals surface area contributed by atoms with Crippen LogP contribution in [0.4, 0.5) is 17.6 Å². The van der Waals surface area contributed by atoms with E-state index < -0.39 is 17.6 Å². The van der Waals surface area contributed by atoms with Crippen molar-refractivity contribution in [2.75, 3.05) is 6.61 Å². The summed E-state index contributed by atoms with van der Waals surface area (Å²) < 4.78 is 55.6. The van der Waals surface area contributed by atoms with Gasteiger partial charge in [0.2, 0.25) is 0 Å². The van der Waals surface area contributed by atoms with E-state index in [4.69, 9.17) is 4.74 Å². The topological polar surface area (TPSA) is 9.23 Å². The Bertz CT molecular complexity index is 373. The van der Waals surface area contributed by atoms with Crippen LogP contribution in [0.3, 0.4) is 0 Å². The Morgan fingerprint density at radius 3 is 2.47 bits per heavy atom. The third kappa shape index (κ3) is 3.91. The Hall–Kier alpha value is -1.26. The van der Waals surface area contributed by atoms with Gasteiger partial charge in [-0.1, -0.05) is 20.3 Å². The van der Waals surface area contributed by atoms with Crippen molar-refractivity contribution in [2.24, 2.45) is 5.92 Å². The Labute approximate surface area is 97.4 Å². The van der Waals surface area contributed by atoms with Gasteiger partial charge in [-0.05, 0) is 24.1 Å². The van der Waals surface area contributed by atoms with Gasteiger partial charge in [-0.2, -0.15) is 13.2 Å². The van der Waals surface area contributed by atoms with Crippen LogP contribution in [0, 0.1) is 11.7 Å². The van der Waals surface area contributed by atoms with Crippen molar-refractivity contribution < 1.29 is 22.3 Å². The van der Waals surface area contributed by atoms with Gasteiger partial charge in [0.1, 0.15) is 17.1 Å². The largest absolute Gasteiger partial charge is 0.493 e. The monoisotopic (exact) mass is 250 g/mol. The highest BCUT2D eigenvalue weighted by Crippen LogP contribution is 2.36. The molecule has 0 aliphatic carbocycles. The van der Waals surface area contributed by atoms with Crippen molar-refractivity contribution in [2.45, 2.75) is 26.4 Å². The molecule has 0 saturated carbocycles. The van der Waals surface area contributed by atoms with Gasteiger partial charge in [-0.15, -0.1) is 0 Å². The van der Waals surface area contributed by atoms with E-state index in [0.29, 0.717) is 6.07 Å². The van der Waals surface area contributed by atoms with E-state index in [2.05, 4.69) is 0 Å². The van der Waals surface area contributed by atoms with Crippen LogP contribution in [-0.4, -0.2) is 6.61 Å². The van der Waals surface area contributed by atoms with Gasteiger partial charge in [-0.3, -0.25) is 0 Å². The molecule has 1 aromatic carbocycles. The van der Waals surface area contributed by atoms with Gasteiger partial charge in [0.15, 0.2) is 0 Å². The molecule has 17 heavy (non-hydrogen) atoms. The third-order valence-corrected chi connectivity index (χ3v) is 2.47. The van der Waals surface area contributed by atoms with E-state index in [-0.39, 0.29) is 18.3 Å². The van der Waals surface area contributed by atoms with Crippen LogP contribution in [0.25, 0.3) is 0 Å². The molecule has 0 aromatic heterocycles. The first-order chi connectivity index (χ1) is 7.84. The van der Waals surface area contributed by atoms with Crippen LogP contribution in [0.1, 0.15) is 25.8 Å². The first-order valence-electron chi connectivity index (χ1n) is 5.34. The second-order valence-electron chi connectivity index (χ2n) is 3.96. The maximum Gasteiger partial charge on any atom is 0.420 e. The van der Waals surface area contributed by atoms with Gasteiger partial charge in [-0.25, -0.2) is 4.39 Å². The van der Waals surface area contributed by atoms with E-state index in [9.17, 15) is 17.6 Å². The molecule has 1 unspecified atom stereocenters. The van der Waals surface area contributed by atoms with E-state index in [0.717, 1.165) is 18.6 Å². The zero-order chi connectivity index (χ0) is 13.1.